The van der Waals surface area contributed by atoms with E-state index in [1.165, 1.54) is 10.9 Å². The molecule has 1 aliphatic rings. The van der Waals surface area contributed by atoms with Crippen LogP contribution in [0.1, 0.15) is 16.9 Å². The predicted octanol–water partition coefficient (Wildman–Crippen LogP) is -0.975. The van der Waals surface area contributed by atoms with Crippen LogP contribution in [-0.2, 0) is 16.1 Å². The molecule has 2 amide bonds. The maximum Gasteiger partial charge on any atom is 0.304 e. The largest absolute Gasteiger partial charge is 0.481 e. The van der Waals surface area contributed by atoms with Crippen molar-refractivity contribution < 1.29 is 19.5 Å². The molecule has 1 atom stereocenters. The third-order valence-corrected chi connectivity index (χ3v) is 2.52. The van der Waals surface area contributed by atoms with Crippen molar-refractivity contribution in [2.24, 2.45) is 11.7 Å². The number of nitrogens with two attached hydrogens (primary N) is 1. The Morgan fingerprint density at radius 1 is 1.65 bits per heavy atom. The third-order valence-electron chi connectivity index (χ3n) is 2.52. The first-order valence-electron chi connectivity index (χ1n) is 4.86. The lowest BCUT2D eigenvalue weighted by Crippen LogP contribution is -2.35. The zero-order valence-corrected chi connectivity index (χ0v) is 8.71. The van der Waals surface area contributed by atoms with E-state index in [1.807, 2.05) is 0 Å². The SMILES string of the molecule is NC(=O)c1ncn2c1NC(=O)C(CC(=O)O)C2. The van der Waals surface area contributed by atoms with Crippen LogP contribution in [0, 0.1) is 5.92 Å². The molecule has 0 saturated heterocycles. The van der Waals surface area contributed by atoms with E-state index in [0.717, 1.165) is 0 Å². The first kappa shape index (κ1) is 11.1. The van der Waals surface area contributed by atoms with E-state index in [9.17, 15) is 14.4 Å². The number of primary amides is 1. The van der Waals surface area contributed by atoms with Gasteiger partial charge in [-0.05, 0) is 0 Å². The first-order chi connectivity index (χ1) is 7.99. The van der Waals surface area contributed by atoms with E-state index in [4.69, 9.17) is 10.8 Å². The predicted molar refractivity (Wildman–Crippen MR) is 55.1 cm³/mol. The third kappa shape index (κ3) is 1.96. The fraction of sp³-hybridized carbons (Fsp3) is 0.333. The number of amides is 2. The van der Waals surface area contributed by atoms with Crippen molar-refractivity contribution in [2.75, 3.05) is 5.32 Å². The van der Waals surface area contributed by atoms with Crippen LogP contribution in [-0.4, -0.2) is 32.4 Å². The van der Waals surface area contributed by atoms with Gasteiger partial charge in [0.25, 0.3) is 5.91 Å². The fourth-order valence-corrected chi connectivity index (χ4v) is 1.74. The minimum absolute atomic E-state index is 0.0212. The molecule has 1 unspecified atom stereocenters. The number of aliphatic carboxylic acids is 1. The quantitative estimate of drug-likeness (QED) is 0.624. The lowest BCUT2D eigenvalue weighted by molar-refractivity contribution is -0.140. The number of aromatic nitrogens is 2. The maximum absolute atomic E-state index is 11.6. The second-order valence-electron chi connectivity index (χ2n) is 3.74. The molecule has 2 heterocycles. The number of imidazole rings is 1. The Morgan fingerprint density at radius 2 is 2.35 bits per heavy atom. The van der Waals surface area contributed by atoms with Gasteiger partial charge in [-0.15, -0.1) is 0 Å². The maximum atomic E-state index is 11.6. The zero-order valence-electron chi connectivity index (χ0n) is 8.71. The Bertz CT molecular complexity index is 507. The molecule has 8 heteroatoms. The minimum Gasteiger partial charge on any atom is -0.481 e. The number of rotatable bonds is 3. The van der Waals surface area contributed by atoms with Crippen LogP contribution < -0.4 is 11.1 Å². The van der Waals surface area contributed by atoms with Gasteiger partial charge in [-0.2, -0.15) is 0 Å². The molecule has 1 aliphatic heterocycles. The summed E-state index contributed by atoms with van der Waals surface area (Å²) in [7, 11) is 0. The summed E-state index contributed by atoms with van der Waals surface area (Å²) >= 11 is 0. The van der Waals surface area contributed by atoms with E-state index in [0.29, 0.717) is 0 Å². The number of hydrogen-bond donors (Lipinski definition) is 3. The average Bonchev–Trinajstić information content (AvgIpc) is 2.60. The van der Waals surface area contributed by atoms with Gasteiger partial charge in [0, 0.05) is 6.54 Å². The number of carbonyl (C=O) groups is 3. The number of carbonyl (C=O) groups excluding carboxylic acids is 2. The van der Waals surface area contributed by atoms with Gasteiger partial charge in [-0.3, -0.25) is 14.4 Å². The smallest absolute Gasteiger partial charge is 0.304 e. The van der Waals surface area contributed by atoms with Crippen molar-refractivity contribution in [1.82, 2.24) is 9.55 Å². The molecule has 1 aromatic rings. The summed E-state index contributed by atoms with van der Waals surface area (Å²) in [4.78, 5) is 36.9. The van der Waals surface area contributed by atoms with Crippen molar-refractivity contribution >= 4 is 23.6 Å². The second-order valence-corrected chi connectivity index (χ2v) is 3.74. The number of anilines is 1. The Morgan fingerprint density at radius 3 is 2.94 bits per heavy atom. The first-order valence-corrected chi connectivity index (χ1v) is 4.86. The van der Waals surface area contributed by atoms with Crippen molar-refractivity contribution in [2.45, 2.75) is 13.0 Å². The minimum atomic E-state index is -1.05. The van der Waals surface area contributed by atoms with Crippen molar-refractivity contribution in [1.29, 1.82) is 0 Å². The van der Waals surface area contributed by atoms with Crippen LogP contribution in [0.5, 0.6) is 0 Å². The monoisotopic (exact) mass is 238 g/mol. The fourth-order valence-electron chi connectivity index (χ4n) is 1.74. The van der Waals surface area contributed by atoms with Crippen molar-refractivity contribution in [3.63, 3.8) is 0 Å². The lowest BCUT2D eigenvalue weighted by Gasteiger charge is -2.23. The molecule has 0 bridgehead atoms. The topological polar surface area (TPSA) is 127 Å². The van der Waals surface area contributed by atoms with Gasteiger partial charge in [-0.25, -0.2) is 4.98 Å². The van der Waals surface area contributed by atoms with E-state index in [2.05, 4.69) is 10.3 Å². The summed E-state index contributed by atoms with van der Waals surface area (Å²) in [6.07, 6.45) is 1.08. The number of hydrogen-bond acceptors (Lipinski definition) is 4. The normalized spacial score (nSPS) is 18.4. The van der Waals surface area contributed by atoms with Crippen LogP contribution in [0.25, 0.3) is 0 Å². The lowest BCUT2D eigenvalue weighted by atomic mass is 10.0. The summed E-state index contributed by atoms with van der Waals surface area (Å²) in [6, 6.07) is 0. The molecule has 4 N–H and O–H groups in total. The van der Waals surface area contributed by atoms with Gasteiger partial charge >= 0.3 is 5.97 Å². The van der Waals surface area contributed by atoms with Gasteiger partial charge < -0.3 is 20.7 Å². The van der Waals surface area contributed by atoms with Crippen LogP contribution in [0.2, 0.25) is 0 Å². The summed E-state index contributed by atoms with van der Waals surface area (Å²) in [5.74, 6) is -2.68. The average molecular weight is 238 g/mol. The summed E-state index contributed by atoms with van der Waals surface area (Å²) in [5, 5.41) is 11.1. The molecule has 0 aromatic carbocycles. The highest BCUT2D eigenvalue weighted by atomic mass is 16.4. The molecule has 1 aromatic heterocycles. The molecular formula is C9H10N4O4. The zero-order chi connectivity index (χ0) is 12.6. The molecule has 0 radical (unpaired) electrons. The summed E-state index contributed by atoms with van der Waals surface area (Å²) in [5.41, 5.74) is 5.06. The highest BCUT2D eigenvalue weighted by Gasteiger charge is 2.31. The van der Waals surface area contributed by atoms with E-state index >= 15 is 0 Å². The molecule has 2 rings (SSSR count). The standard InChI is InChI=1S/C9H10N4O4/c10-7(16)6-8-12-9(17)4(1-5(14)15)2-13(8)3-11-6/h3-4H,1-2H2,(H2,10,16)(H,12,17)(H,14,15). The Labute approximate surface area is 95.4 Å². The van der Waals surface area contributed by atoms with Gasteiger partial charge in [0.2, 0.25) is 5.91 Å². The Hall–Kier alpha value is -2.38. The van der Waals surface area contributed by atoms with Crippen LogP contribution in [0.15, 0.2) is 6.33 Å². The van der Waals surface area contributed by atoms with Crippen molar-refractivity contribution in [3.8, 4) is 0 Å². The molecule has 17 heavy (non-hydrogen) atoms. The molecule has 0 saturated carbocycles. The molecular weight excluding hydrogens is 228 g/mol. The molecule has 0 aliphatic carbocycles. The van der Waals surface area contributed by atoms with Crippen LogP contribution >= 0.6 is 0 Å². The van der Waals surface area contributed by atoms with Gasteiger partial charge in [0.05, 0.1) is 18.7 Å². The molecule has 0 fully saturated rings. The molecule has 0 spiro atoms. The highest BCUT2D eigenvalue weighted by molar-refractivity contribution is 6.02. The van der Waals surface area contributed by atoms with Gasteiger partial charge in [0.15, 0.2) is 5.69 Å². The number of carboxylic acid groups (broad SMARTS) is 1. The van der Waals surface area contributed by atoms with Crippen molar-refractivity contribution in [3.05, 3.63) is 12.0 Å². The second kappa shape index (κ2) is 3.89. The van der Waals surface area contributed by atoms with Gasteiger partial charge in [-0.1, -0.05) is 0 Å². The number of nitrogens with one attached hydrogen (secondary N) is 1. The van der Waals surface area contributed by atoms with E-state index in [1.54, 1.807) is 0 Å². The molecule has 8 nitrogen and oxygen atoms in total. The van der Waals surface area contributed by atoms with Crippen LogP contribution in [0.3, 0.4) is 0 Å². The summed E-state index contributed by atoms with van der Waals surface area (Å²) in [6.45, 7) is 0.174. The highest BCUT2D eigenvalue weighted by Crippen LogP contribution is 2.23. The van der Waals surface area contributed by atoms with E-state index < -0.39 is 23.7 Å². The Balaban J connectivity index is 2.28. The number of carboxylic acids is 1. The summed E-state index contributed by atoms with van der Waals surface area (Å²) < 4.78 is 1.51. The number of nitrogens with zero attached hydrogens (tertiary/aromatic N) is 2. The van der Waals surface area contributed by atoms with Gasteiger partial charge in [0.1, 0.15) is 5.82 Å². The molecule has 90 valence electrons. The van der Waals surface area contributed by atoms with Crippen LogP contribution in [0.4, 0.5) is 5.82 Å². The van der Waals surface area contributed by atoms with E-state index in [-0.39, 0.29) is 24.5 Å². The Kier molecular flexibility index (Phi) is 2.54. The number of fused-ring (bicyclic) bond motifs is 1.